The third kappa shape index (κ3) is 4.21. The van der Waals surface area contributed by atoms with Crippen LogP contribution in [0.2, 0.25) is 5.02 Å². The topological polar surface area (TPSA) is 9.23 Å². The van der Waals surface area contributed by atoms with Gasteiger partial charge < -0.3 is 4.74 Å². The highest BCUT2D eigenvalue weighted by Gasteiger charge is 2.25. The third-order valence-electron chi connectivity index (χ3n) is 2.53. The quantitative estimate of drug-likeness (QED) is 0.673. The molecule has 4 heteroatoms. The molecule has 0 saturated heterocycles. The minimum absolute atomic E-state index is 0.360. The van der Waals surface area contributed by atoms with Gasteiger partial charge in [0.15, 0.2) is 0 Å². The lowest BCUT2D eigenvalue weighted by atomic mass is 9.88. The van der Waals surface area contributed by atoms with Gasteiger partial charge in [0.2, 0.25) is 0 Å². The number of hydrogen-bond acceptors (Lipinski definition) is 1. The van der Waals surface area contributed by atoms with Crippen molar-refractivity contribution in [2.24, 2.45) is 5.41 Å². The molecule has 0 aliphatic carbocycles. The van der Waals surface area contributed by atoms with Gasteiger partial charge in [0.1, 0.15) is 11.5 Å². The number of hydrogen-bond donors (Lipinski definition) is 0. The SMILES string of the molecule is CC(C)(CCF)C(=CCl)Oc1ccc(Cl)cc1. The van der Waals surface area contributed by atoms with Gasteiger partial charge in [-0.2, -0.15) is 0 Å². The molecule has 0 bridgehead atoms. The van der Waals surface area contributed by atoms with Crippen LogP contribution in [0.1, 0.15) is 20.3 Å². The molecule has 0 saturated carbocycles. The van der Waals surface area contributed by atoms with Gasteiger partial charge in [-0.15, -0.1) is 0 Å². The highest BCUT2D eigenvalue weighted by molar-refractivity contribution is 6.30. The van der Waals surface area contributed by atoms with Gasteiger partial charge >= 0.3 is 0 Å². The molecule has 17 heavy (non-hydrogen) atoms. The summed E-state index contributed by atoms with van der Waals surface area (Å²) in [4.78, 5) is 0. The zero-order valence-corrected chi connectivity index (χ0v) is 11.4. The Bertz CT molecular complexity index is 385. The number of allylic oxidation sites excluding steroid dienone is 1. The molecule has 0 atom stereocenters. The molecule has 94 valence electrons. The zero-order chi connectivity index (χ0) is 12.9. The van der Waals surface area contributed by atoms with Crippen LogP contribution >= 0.6 is 23.2 Å². The van der Waals surface area contributed by atoms with Crippen LogP contribution in [0, 0.1) is 5.41 Å². The monoisotopic (exact) mass is 276 g/mol. The van der Waals surface area contributed by atoms with Crippen molar-refractivity contribution in [1.82, 2.24) is 0 Å². The summed E-state index contributed by atoms with van der Waals surface area (Å²) in [5.41, 5.74) is 0.917. The Labute approximate surface area is 111 Å². The van der Waals surface area contributed by atoms with Crippen molar-refractivity contribution in [3.8, 4) is 5.75 Å². The summed E-state index contributed by atoms with van der Waals surface area (Å²) in [7, 11) is 0. The van der Waals surface area contributed by atoms with Gasteiger partial charge in [0.25, 0.3) is 0 Å². The molecule has 1 aromatic rings. The van der Waals surface area contributed by atoms with Crippen molar-refractivity contribution in [3.63, 3.8) is 0 Å². The van der Waals surface area contributed by atoms with E-state index in [0.29, 0.717) is 23.0 Å². The molecule has 0 fully saturated rings. The molecule has 0 aliphatic rings. The first kappa shape index (κ1) is 14.3. The average Bonchev–Trinajstić information content (AvgIpc) is 2.28. The van der Waals surface area contributed by atoms with E-state index in [1.807, 2.05) is 13.8 Å². The summed E-state index contributed by atoms with van der Waals surface area (Å²) in [6.45, 7) is 3.36. The summed E-state index contributed by atoms with van der Waals surface area (Å²) in [5, 5.41) is 0.636. The number of rotatable bonds is 5. The second kappa shape index (κ2) is 6.27. The van der Waals surface area contributed by atoms with E-state index in [0.717, 1.165) is 0 Å². The second-order valence-corrected chi connectivity index (χ2v) is 5.01. The predicted molar refractivity (Wildman–Crippen MR) is 70.4 cm³/mol. The maximum atomic E-state index is 12.4. The number of halogens is 3. The van der Waals surface area contributed by atoms with Gasteiger partial charge in [-0.3, -0.25) is 4.39 Å². The summed E-state index contributed by atoms with van der Waals surface area (Å²) in [6, 6.07) is 6.94. The fourth-order valence-electron chi connectivity index (χ4n) is 1.30. The van der Waals surface area contributed by atoms with Crippen LogP contribution < -0.4 is 4.74 Å². The Balaban J connectivity index is 2.81. The molecule has 0 radical (unpaired) electrons. The minimum Gasteiger partial charge on any atom is -0.460 e. The molecular formula is C13H15Cl2FO. The summed E-state index contributed by atoms with van der Waals surface area (Å²) < 4.78 is 18.1. The van der Waals surface area contributed by atoms with E-state index >= 15 is 0 Å². The molecule has 1 rings (SSSR count). The van der Waals surface area contributed by atoms with E-state index < -0.39 is 12.1 Å². The Morgan fingerprint density at radius 1 is 1.35 bits per heavy atom. The number of benzene rings is 1. The van der Waals surface area contributed by atoms with E-state index in [4.69, 9.17) is 27.9 Å². The molecule has 0 spiro atoms. The van der Waals surface area contributed by atoms with Crippen molar-refractivity contribution >= 4 is 23.2 Å². The maximum Gasteiger partial charge on any atom is 0.127 e. The highest BCUT2D eigenvalue weighted by atomic mass is 35.5. The van der Waals surface area contributed by atoms with Crippen LogP contribution in [0.5, 0.6) is 5.75 Å². The second-order valence-electron chi connectivity index (χ2n) is 4.35. The van der Waals surface area contributed by atoms with Crippen LogP contribution in [0.15, 0.2) is 35.6 Å². The fourth-order valence-corrected chi connectivity index (χ4v) is 1.76. The van der Waals surface area contributed by atoms with Gasteiger partial charge in [-0.05, 0) is 30.7 Å². The fraction of sp³-hybridized carbons (Fsp3) is 0.385. The van der Waals surface area contributed by atoms with E-state index in [-0.39, 0.29) is 0 Å². The van der Waals surface area contributed by atoms with Gasteiger partial charge in [0.05, 0.1) is 6.67 Å². The molecule has 1 nitrogen and oxygen atoms in total. The molecule has 0 aliphatic heterocycles. The molecule has 1 aromatic carbocycles. The standard InChI is InChI=1S/C13H15Cl2FO/c1-13(2,7-8-16)12(9-14)17-11-5-3-10(15)4-6-11/h3-6,9H,7-8H2,1-2H3. The first-order valence-electron chi connectivity index (χ1n) is 5.30. The van der Waals surface area contributed by atoms with Crippen molar-refractivity contribution in [2.75, 3.05) is 6.67 Å². The lowest BCUT2D eigenvalue weighted by molar-refractivity contribution is 0.239. The summed E-state index contributed by atoms with van der Waals surface area (Å²) >= 11 is 11.5. The van der Waals surface area contributed by atoms with E-state index in [2.05, 4.69) is 0 Å². The van der Waals surface area contributed by atoms with Crippen LogP contribution in [0.3, 0.4) is 0 Å². The normalized spacial score (nSPS) is 12.6. The first-order valence-corrected chi connectivity index (χ1v) is 6.11. The van der Waals surface area contributed by atoms with Crippen molar-refractivity contribution in [2.45, 2.75) is 20.3 Å². The van der Waals surface area contributed by atoms with E-state index in [1.165, 1.54) is 5.54 Å². The Morgan fingerprint density at radius 2 is 1.94 bits per heavy atom. The third-order valence-corrected chi connectivity index (χ3v) is 2.98. The van der Waals surface area contributed by atoms with E-state index in [1.54, 1.807) is 24.3 Å². The summed E-state index contributed by atoms with van der Waals surface area (Å²) in [6.07, 6.45) is 0.360. The van der Waals surface area contributed by atoms with Crippen molar-refractivity contribution in [3.05, 3.63) is 40.6 Å². The Kier molecular flexibility index (Phi) is 5.29. The van der Waals surface area contributed by atoms with Gasteiger partial charge in [0, 0.05) is 16.0 Å². The van der Waals surface area contributed by atoms with Crippen molar-refractivity contribution in [1.29, 1.82) is 0 Å². The van der Waals surface area contributed by atoms with Gasteiger partial charge in [-0.1, -0.05) is 37.0 Å². The van der Waals surface area contributed by atoms with Crippen LogP contribution in [-0.4, -0.2) is 6.67 Å². The smallest absolute Gasteiger partial charge is 0.127 e. The molecule has 0 amide bonds. The molecule has 0 N–H and O–H groups in total. The van der Waals surface area contributed by atoms with Crippen LogP contribution in [-0.2, 0) is 0 Å². The lowest BCUT2D eigenvalue weighted by Gasteiger charge is -2.26. The Hall–Kier alpha value is -0.730. The molecule has 0 unspecified atom stereocenters. The highest BCUT2D eigenvalue weighted by Crippen LogP contribution is 2.33. The lowest BCUT2D eigenvalue weighted by Crippen LogP contribution is -2.19. The largest absolute Gasteiger partial charge is 0.460 e. The molecule has 0 aromatic heterocycles. The number of alkyl halides is 1. The maximum absolute atomic E-state index is 12.4. The van der Waals surface area contributed by atoms with E-state index in [9.17, 15) is 4.39 Å². The number of ether oxygens (including phenoxy) is 1. The van der Waals surface area contributed by atoms with Gasteiger partial charge in [-0.25, -0.2) is 0 Å². The first-order chi connectivity index (χ1) is 7.99. The Morgan fingerprint density at radius 3 is 2.41 bits per heavy atom. The average molecular weight is 277 g/mol. The minimum atomic E-state index is -0.434. The molecule has 0 heterocycles. The van der Waals surface area contributed by atoms with Crippen LogP contribution in [0.4, 0.5) is 4.39 Å². The van der Waals surface area contributed by atoms with Crippen LogP contribution in [0.25, 0.3) is 0 Å². The molecular weight excluding hydrogens is 262 g/mol. The zero-order valence-electron chi connectivity index (χ0n) is 9.84. The summed E-state index contributed by atoms with van der Waals surface area (Å²) in [5.74, 6) is 1.17. The van der Waals surface area contributed by atoms with Crippen molar-refractivity contribution < 1.29 is 9.13 Å². The predicted octanol–water partition coefficient (Wildman–Crippen LogP) is 5.18.